The van der Waals surface area contributed by atoms with Crippen LogP contribution in [0.25, 0.3) is 0 Å². The molecule has 0 amide bonds. The van der Waals surface area contributed by atoms with E-state index in [4.69, 9.17) is 9.47 Å². The molecule has 0 radical (unpaired) electrons. The summed E-state index contributed by atoms with van der Waals surface area (Å²) in [7, 11) is 1.40. The van der Waals surface area contributed by atoms with E-state index in [1.807, 2.05) is 25.1 Å². The highest BCUT2D eigenvalue weighted by Gasteiger charge is 2.31. The van der Waals surface area contributed by atoms with Crippen molar-refractivity contribution in [3.05, 3.63) is 28.2 Å². The summed E-state index contributed by atoms with van der Waals surface area (Å²) in [5, 5.41) is 3.09. The second-order valence-corrected chi connectivity index (χ2v) is 5.25. The second kappa shape index (κ2) is 5.71. The summed E-state index contributed by atoms with van der Waals surface area (Å²) in [5.74, 6) is 0.571. The molecule has 0 saturated carbocycles. The van der Waals surface area contributed by atoms with Gasteiger partial charge in [0.15, 0.2) is 0 Å². The second-order valence-electron chi connectivity index (χ2n) is 4.39. The smallest absolute Gasteiger partial charge is 0.323 e. The average Bonchev–Trinajstić information content (AvgIpc) is 2.80. The summed E-state index contributed by atoms with van der Waals surface area (Å²) >= 11 is 3.48. The van der Waals surface area contributed by atoms with Gasteiger partial charge in [-0.3, -0.25) is 4.79 Å². The number of methoxy groups -OCH3 is 1. The largest absolute Gasteiger partial charge is 0.488 e. The summed E-state index contributed by atoms with van der Waals surface area (Å²) in [6, 6.07) is 5.69. The first-order valence-corrected chi connectivity index (χ1v) is 6.63. The number of ether oxygens (including phenoxy) is 2. The van der Waals surface area contributed by atoms with Crippen molar-refractivity contribution < 1.29 is 14.3 Å². The Balaban J connectivity index is 1.97. The van der Waals surface area contributed by atoms with Crippen LogP contribution in [0.5, 0.6) is 5.75 Å². The Bertz CT molecular complexity index is 450. The number of hydrogen-bond acceptors (Lipinski definition) is 4. The van der Waals surface area contributed by atoms with Crippen molar-refractivity contribution in [2.45, 2.75) is 25.5 Å². The van der Waals surface area contributed by atoms with Crippen LogP contribution in [0.2, 0.25) is 0 Å². The van der Waals surface area contributed by atoms with Gasteiger partial charge in [-0.1, -0.05) is 6.07 Å². The number of benzene rings is 1. The molecule has 2 rings (SSSR count). The van der Waals surface area contributed by atoms with Crippen molar-refractivity contribution in [1.29, 1.82) is 0 Å². The van der Waals surface area contributed by atoms with Gasteiger partial charge < -0.3 is 14.8 Å². The van der Waals surface area contributed by atoms with Gasteiger partial charge in [-0.2, -0.15) is 0 Å². The van der Waals surface area contributed by atoms with Gasteiger partial charge in [0, 0.05) is 13.0 Å². The van der Waals surface area contributed by atoms with Gasteiger partial charge in [0.05, 0.1) is 11.6 Å². The lowest BCUT2D eigenvalue weighted by atomic mass is 10.2. The molecular weight excluding hydrogens is 298 g/mol. The van der Waals surface area contributed by atoms with Crippen LogP contribution in [0.1, 0.15) is 12.0 Å². The third-order valence-corrected chi connectivity index (χ3v) is 3.58. The molecule has 1 heterocycles. The summed E-state index contributed by atoms with van der Waals surface area (Å²) in [4.78, 5) is 11.4. The lowest BCUT2D eigenvalue weighted by Crippen LogP contribution is -2.31. The maximum Gasteiger partial charge on any atom is 0.323 e. The van der Waals surface area contributed by atoms with Gasteiger partial charge in [-0.05, 0) is 40.5 Å². The Morgan fingerprint density at radius 2 is 2.28 bits per heavy atom. The number of carbonyl (C=O) groups excluding carboxylic acids is 1. The first-order chi connectivity index (χ1) is 8.60. The van der Waals surface area contributed by atoms with E-state index in [1.54, 1.807) is 0 Å². The molecule has 1 aromatic rings. The molecule has 0 bridgehead atoms. The highest BCUT2D eigenvalue weighted by molar-refractivity contribution is 9.10. The number of halogens is 1. The molecule has 1 fully saturated rings. The van der Waals surface area contributed by atoms with Crippen LogP contribution in [0.4, 0.5) is 0 Å². The average molecular weight is 314 g/mol. The zero-order valence-electron chi connectivity index (χ0n) is 10.4. The van der Waals surface area contributed by atoms with Gasteiger partial charge >= 0.3 is 5.97 Å². The minimum Gasteiger partial charge on any atom is -0.488 e. The zero-order chi connectivity index (χ0) is 13.1. The van der Waals surface area contributed by atoms with Crippen LogP contribution in [0.15, 0.2) is 22.7 Å². The van der Waals surface area contributed by atoms with E-state index in [1.165, 1.54) is 12.7 Å². The Morgan fingerprint density at radius 1 is 1.50 bits per heavy atom. The van der Waals surface area contributed by atoms with E-state index in [0.717, 1.165) is 10.2 Å². The fourth-order valence-corrected chi connectivity index (χ4v) is 2.58. The predicted octanol–water partition coefficient (Wildman–Crippen LogP) is 2.04. The zero-order valence-corrected chi connectivity index (χ0v) is 12.0. The topological polar surface area (TPSA) is 47.6 Å². The molecular formula is C13H16BrNO3. The molecule has 98 valence electrons. The molecule has 0 aliphatic carbocycles. The maximum atomic E-state index is 11.4. The van der Waals surface area contributed by atoms with Gasteiger partial charge in [-0.15, -0.1) is 0 Å². The summed E-state index contributed by atoms with van der Waals surface area (Å²) in [5.41, 5.74) is 1.17. The van der Waals surface area contributed by atoms with Crippen molar-refractivity contribution >= 4 is 21.9 Å². The highest BCUT2D eigenvalue weighted by atomic mass is 79.9. The van der Waals surface area contributed by atoms with E-state index < -0.39 is 0 Å². The van der Waals surface area contributed by atoms with Gasteiger partial charge in [0.1, 0.15) is 17.9 Å². The normalized spacial score (nSPS) is 22.8. The Hall–Kier alpha value is -1.07. The molecule has 1 saturated heterocycles. The lowest BCUT2D eigenvalue weighted by molar-refractivity contribution is -0.142. The minimum absolute atomic E-state index is 0.00638. The molecule has 0 spiro atoms. The van der Waals surface area contributed by atoms with Crippen LogP contribution in [-0.2, 0) is 9.53 Å². The number of hydrogen-bond donors (Lipinski definition) is 1. The van der Waals surface area contributed by atoms with Crippen LogP contribution in [-0.4, -0.2) is 31.8 Å². The van der Waals surface area contributed by atoms with Gasteiger partial charge in [-0.25, -0.2) is 0 Å². The van der Waals surface area contributed by atoms with Gasteiger partial charge in [0.25, 0.3) is 0 Å². The number of rotatable bonds is 3. The molecule has 1 N–H and O–H groups in total. The number of nitrogens with one attached hydrogen (secondary N) is 1. The van der Waals surface area contributed by atoms with Crippen molar-refractivity contribution in [3.8, 4) is 5.75 Å². The molecule has 18 heavy (non-hydrogen) atoms. The monoisotopic (exact) mass is 313 g/mol. The van der Waals surface area contributed by atoms with E-state index in [2.05, 4.69) is 21.2 Å². The summed E-state index contributed by atoms with van der Waals surface area (Å²) in [6.45, 7) is 2.68. The van der Waals surface area contributed by atoms with E-state index in [0.29, 0.717) is 13.0 Å². The van der Waals surface area contributed by atoms with Crippen LogP contribution in [0, 0.1) is 6.92 Å². The van der Waals surface area contributed by atoms with Crippen molar-refractivity contribution in [3.63, 3.8) is 0 Å². The summed E-state index contributed by atoms with van der Waals surface area (Å²) < 4.78 is 11.5. The maximum absolute atomic E-state index is 11.4. The third kappa shape index (κ3) is 3.03. The van der Waals surface area contributed by atoms with Crippen LogP contribution in [0.3, 0.4) is 0 Å². The fourth-order valence-electron chi connectivity index (χ4n) is 2.00. The molecule has 1 aliphatic heterocycles. The summed E-state index contributed by atoms with van der Waals surface area (Å²) in [6.07, 6.45) is 0.626. The first-order valence-electron chi connectivity index (χ1n) is 5.84. The predicted molar refractivity (Wildman–Crippen MR) is 71.7 cm³/mol. The Morgan fingerprint density at radius 3 is 2.94 bits per heavy atom. The quantitative estimate of drug-likeness (QED) is 0.868. The highest BCUT2D eigenvalue weighted by Crippen LogP contribution is 2.28. The van der Waals surface area contributed by atoms with E-state index in [-0.39, 0.29) is 18.1 Å². The lowest BCUT2D eigenvalue weighted by Gasteiger charge is -2.14. The number of carbonyl (C=O) groups is 1. The molecule has 1 aliphatic rings. The van der Waals surface area contributed by atoms with Crippen molar-refractivity contribution in [2.75, 3.05) is 13.7 Å². The van der Waals surface area contributed by atoms with Crippen molar-refractivity contribution in [2.24, 2.45) is 0 Å². The Kier molecular flexibility index (Phi) is 4.24. The van der Waals surface area contributed by atoms with Gasteiger partial charge in [0.2, 0.25) is 0 Å². The molecule has 5 heteroatoms. The van der Waals surface area contributed by atoms with E-state index in [9.17, 15) is 4.79 Å². The molecule has 1 aromatic carbocycles. The number of esters is 1. The molecule has 2 atom stereocenters. The molecule has 0 aromatic heterocycles. The SMILES string of the molecule is COC(=O)[C@@H]1C[C@H](Oc2ccc(C)cc2Br)CN1. The number of aryl methyl sites for hydroxylation is 1. The van der Waals surface area contributed by atoms with Crippen LogP contribution < -0.4 is 10.1 Å². The Labute approximate surface area is 115 Å². The standard InChI is InChI=1S/C13H16BrNO3/c1-8-3-4-12(10(14)5-8)18-9-6-11(15-7-9)13(16)17-2/h3-5,9,11,15H,6-7H2,1-2H3/t9-,11-/m0/s1. The van der Waals surface area contributed by atoms with Crippen molar-refractivity contribution in [1.82, 2.24) is 5.32 Å². The van der Waals surface area contributed by atoms with Crippen LogP contribution >= 0.6 is 15.9 Å². The van der Waals surface area contributed by atoms with E-state index >= 15 is 0 Å². The fraction of sp³-hybridized carbons (Fsp3) is 0.462. The third-order valence-electron chi connectivity index (χ3n) is 2.96. The molecule has 0 unspecified atom stereocenters. The minimum atomic E-state index is -0.260. The molecule has 4 nitrogen and oxygen atoms in total. The first kappa shape index (κ1) is 13.4.